The molecule has 2 heterocycles. The Bertz CT molecular complexity index is 1190. The summed E-state index contributed by atoms with van der Waals surface area (Å²) in [6, 6.07) is 17.7. The molecular weight excluding hydrogens is 394 g/mol. The molecule has 7 heteroatoms. The summed E-state index contributed by atoms with van der Waals surface area (Å²) in [6.07, 6.45) is 3.50. The van der Waals surface area contributed by atoms with Crippen LogP contribution in [0, 0.1) is 0 Å². The molecule has 0 unspecified atom stereocenters. The summed E-state index contributed by atoms with van der Waals surface area (Å²) in [7, 11) is 1.67. The number of carbonyl (C=O) groups is 1. The van der Waals surface area contributed by atoms with Crippen LogP contribution in [0.5, 0.6) is 11.5 Å². The van der Waals surface area contributed by atoms with Gasteiger partial charge in [0.2, 0.25) is 5.43 Å². The molecule has 1 aliphatic carbocycles. The molecule has 1 saturated carbocycles. The summed E-state index contributed by atoms with van der Waals surface area (Å²) in [5.41, 5.74) is 1.33. The van der Waals surface area contributed by atoms with E-state index in [1.807, 2.05) is 54.6 Å². The average Bonchev–Trinajstić information content (AvgIpc) is 3.59. The van der Waals surface area contributed by atoms with Gasteiger partial charge in [-0.1, -0.05) is 42.5 Å². The van der Waals surface area contributed by atoms with Crippen LogP contribution in [0.15, 0.2) is 65.6 Å². The number of ether oxygens (including phenoxy) is 1. The Morgan fingerprint density at radius 3 is 2.55 bits per heavy atom. The molecule has 5 rings (SSSR count). The first-order valence-electron chi connectivity index (χ1n) is 10.4. The first-order valence-corrected chi connectivity index (χ1v) is 10.4. The van der Waals surface area contributed by atoms with E-state index in [-0.39, 0.29) is 23.8 Å². The predicted molar refractivity (Wildman–Crippen MR) is 115 cm³/mol. The van der Waals surface area contributed by atoms with E-state index in [0.29, 0.717) is 6.54 Å². The molecule has 3 aromatic rings. The first-order chi connectivity index (χ1) is 15.0. The van der Waals surface area contributed by atoms with E-state index < -0.39 is 17.1 Å². The van der Waals surface area contributed by atoms with Crippen molar-refractivity contribution >= 4 is 5.91 Å². The lowest BCUT2D eigenvalue weighted by Crippen LogP contribution is -2.45. The minimum atomic E-state index is -0.662. The number of aromatic hydroxyl groups is 1. The number of nitrogens with zero attached hydrogens (tertiary/aromatic N) is 3. The number of benzene rings is 2. The second kappa shape index (κ2) is 7.58. The minimum absolute atomic E-state index is 0.0717. The fourth-order valence-corrected chi connectivity index (χ4v) is 4.23. The fraction of sp³-hybridized carbons (Fsp3) is 0.292. The Morgan fingerprint density at radius 2 is 1.81 bits per heavy atom. The van der Waals surface area contributed by atoms with Crippen molar-refractivity contribution in [1.82, 2.24) is 14.7 Å². The van der Waals surface area contributed by atoms with Gasteiger partial charge in [-0.15, -0.1) is 0 Å². The highest BCUT2D eigenvalue weighted by Crippen LogP contribution is 2.40. The number of rotatable bonds is 5. The molecule has 2 aromatic carbocycles. The molecule has 0 spiro atoms. The quantitative estimate of drug-likeness (QED) is 0.690. The first kappa shape index (κ1) is 19.4. The molecule has 1 aliphatic heterocycles. The van der Waals surface area contributed by atoms with Gasteiger partial charge < -0.3 is 14.7 Å². The van der Waals surface area contributed by atoms with Crippen LogP contribution in [-0.2, 0) is 0 Å². The zero-order valence-corrected chi connectivity index (χ0v) is 17.1. The van der Waals surface area contributed by atoms with Crippen LogP contribution in [0.4, 0.5) is 0 Å². The van der Waals surface area contributed by atoms with Gasteiger partial charge in [0.15, 0.2) is 11.4 Å². The van der Waals surface area contributed by atoms with Crippen molar-refractivity contribution in [2.45, 2.75) is 30.9 Å². The number of likely N-dealkylation sites (N-methyl/N-ethyl adjacent to an activating group) is 1. The molecule has 2 atom stereocenters. The Balaban J connectivity index is 1.66. The second-order valence-electron chi connectivity index (χ2n) is 8.18. The van der Waals surface area contributed by atoms with Crippen LogP contribution in [0.1, 0.15) is 46.4 Å². The van der Waals surface area contributed by atoms with Gasteiger partial charge in [0.1, 0.15) is 5.75 Å². The predicted octanol–water partition coefficient (Wildman–Crippen LogP) is 2.95. The maximum absolute atomic E-state index is 12.8. The molecule has 31 heavy (non-hydrogen) atoms. The highest BCUT2D eigenvalue weighted by Gasteiger charge is 2.38. The van der Waals surface area contributed by atoms with Gasteiger partial charge in [-0.2, -0.15) is 5.10 Å². The Hall–Kier alpha value is -3.61. The molecular formula is C24H23N3O4. The molecule has 1 fully saturated rings. The summed E-state index contributed by atoms with van der Waals surface area (Å²) < 4.78 is 7.52. The number of hydrogen-bond donors (Lipinski definition) is 1. The zero-order chi connectivity index (χ0) is 21.5. The van der Waals surface area contributed by atoms with Crippen molar-refractivity contribution in [2.75, 3.05) is 13.6 Å². The molecule has 1 N–H and O–H groups in total. The molecule has 0 radical (unpaired) electrons. The topological polar surface area (TPSA) is 84.7 Å². The second-order valence-corrected chi connectivity index (χ2v) is 8.18. The minimum Gasteiger partial charge on any atom is -0.502 e. The average molecular weight is 417 g/mol. The Kier molecular flexibility index (Phi) is 4.73. The maximum atomic E-state index is 12.8. The molecule has 1 aromatic heterocycles. The number of fused-ring (bicyclic) bond motifs is 1. The number of aromatic nitrogens is 2. The van der Waals surface area contributed by atoms with Crippen molar-refractivity contribution in [2.24, 2.45) is 0 Å². The summed E-state index contributed by atoms with van der Waals surface area (Å²) in [6.45, 7) is 0.383. The van der Waals surface area contributed by atoms with E-state index in [2.05, 4.69) is 5.10 Å². The van der Waals surface area contributed by atoms with Gasteiger partial charge in [-0.3, -0.25) is 14.3 Å². The van der Waals surface area contributed by atoms with E-state index in [0.717, 1.165) is 35.9 Å². The van der Waals surface area contributed by atoms with Crippen molar-refractivity contribution in [3.8, 4) is 11.5 Å². The van der Waals surface area contributed by atoms with E-state index in [1.165, 1.54) is 9.58 Å². The highest BCUT2D eigenvalue weighted by atomic mass is 16.5. The third kappa shape index (κ3) is 3.56. The molecule has 1 amide bonds. The van der Waals surface area contributed by atoms with Crippen molar-refractivity contribution < 1.29 is 14.6 Å². The third-order valence-electron chi connectivity index (χ3n) is 5.90. The molecule has 158 valence electrons. The van der Waals surface area contributed by atoms with Gasteiger partial charge in [0, 0.05) is 19.5 Å². The smallest absolute Gasteiger partial charge is 0.275 e. The van der Waals surface area contributed by atoms with Crippen LogP contribution in [-0.4, -0.2) is 45.4 Å². The normalized spacial score (nSPS) is 19.1. The van der Waals surface area contributed by atoms with Gasteiger partial charge in [-0.25, -0.2) is 0 Å². The van der Waals surface area contributed by atoms with Crippen LogP contribution in [0.3, 0.4) is 0 Å². The third-order valence-corrected chi connectivity index (χ3v) is 5.90. The van der Waals surface area contributed by atoms with Gasteiger partial charge in [-0.05, 0) is 36.1 Å². The van der Waals surface area contributed by atoms with Crippen LogP contribution in [0.2, 0.25) is 0 Å². The van der Waals surface area contributed by atoms with Crippen LogP contribution < -0.4 is 10.2 Å². The highest BCUT2D eigenvalue weighted by molar-refractivity contribution is 5.95. The fourth-order valence-electron chi connectivity index (χ4n) is 4.23. The van der Waals surface area contributed by atoms with Crippen molar-refractivity contribution in [1.29, 1.82) is 0 Å². The van der Waals surface area contributed by atoms with Crippen LogP contribution >= 0.6 is 0 Å². The summed E-state index contributed by atoms with van der Waals surface area (Å²) >= 11 is 0. The molecule has 0 bridgehead atoms. The lowest BCUT2D eigenvalue weighted by molar-refractivity contribution is 0.0686. The Morgan fingerprint density at radius 1 is 1.06 bits per heavy atom. The monoisotopic (exact) mass is 417 g/mol. The van der Waals surface area contributed by atoms with E-state index in [1.54, 1.807) is 7.05 Å². The van der Waals surface area contributed by atoms with E-state index >= 15 is 0 Å². The van der Waals surface area contributed by atoms with Gasteiger partial charge in [0.25, 0.3) is 5.91 Å². The van der Waals surface area contributed by atoms with E-state index in [4.69, 9.17) is 4.74 Å². The Labute approximate surface area is 179 Å². The summed E-state index contributed by atoms with van der Waals surface area (Å²) in [4.78, 5) is 26.3. The number of amides is 1. The molecule has 0 saturated heterocycles. The lowest BCUT2D eigenvalue weighted by atomic mass is 9.83. The number of carbonyl (C=O) groups excluding carboxylic acids is 1. The van der Waals surface area contributed by atoms with Crippen molar-refractivity contribution in [3.05, 3.63) is 87.8 Å². The van der Waals surface area contributed by atoms with Crippen molar-refractivity contribution in [3.63, 3.8) is 0 Å². The molecule has 7 nitrogen and oxygen atoms in total. The maximum Gasteiger partial charge on any atom is 0.275 e. The standard InChI is InChI=1S/C24H23N3O4/c1-26-14-19(27-22(24(26)30)23(29)20(28)13-25-27)21(15-6-3-2-4-7-15)16-8-5-9-18(12-16)31-17-10-11-17/h2-9,12-13,17,19,21,29H,10-11,14H2,1H3/t19-,21+/m1/s1. The van der Waals surface area contributed by atoms with Crippen LogP contribution in [0.25, 0.3) is 0 Å². The zero-order valence-electron chi connectivity index (χ0n) is 17.1. The van der Waals surface area contributed by atoms with Gasteiger partial charge >= 0.3 is 0 Å². The largest absolute Gasteiger partial charge is 0.502 e. The lowest BCUT2D eigenvalue weighted by Gasteiger charge is -2.37. The summed E-state index contributed by atoms with van der Waals surface area (Å²) in [5.74, 6) is -0.337. The molecule has 2 aliphatic rings. The summed E-state index contributed by atoms with van der Waals surface area (Å²) in [5, 5.41) is 14.6. The number of hydrogen-bond acceptors (Lipinski definition) is 5. The van der Waals surface area contributed by atoms with Gasteiger partial charge in [0.05, 0.1) is 18.3 Å². The SMILES string of the molecule is CN1C[C@H]([C@@H](c2ccccc2)c2cccc(OC3CC3)c2)n2ncc(=O)c(O)c2C1=O. The van der Waals surface area contributed by atoms with E-state index in [9.17, 15) is 14.7 Å².